The number of hydrogen-bond acceptors (Lipinski definition) is 3. The number of nitrogens with zero attached hydrogens (tertiary/aromatic N) is 3. The van der Waals surface area contributed by atoms with Crippen LogP contribution in [0, 0.1) is 11.2 Å². The van der Waals surface area contributed by atoms with Crippen molar-refractivity contribution in [3.05, 3.63) is 75.8 Å². The second-order valence-corrected chi connectivity index (χ2v) is 7.65. The highest BCUT2D eigenvalue weighted by atomic mass is 35.5. The summed E-state index contributed by atoms with van der Waals surface area (Å²) in [4.78, 5) is 16.7. The molecule has 0 aliphatic carbocycles. The van der Waals surface area contributed by atoms with Crippen LogP contribution in [-0.2, 0) is 11.3 Å². The smallest absolute Gasteiger partial charge is 0.327 e. The van der Waals surface area contributed by atoms with Crippen LogP contribution in [0.15, 0.2) is 48.6 Å². The predicted molar refractivity (Wildman–Crippen MR) is 130 cm³/mol. The summed E-state index contributed by atoms with van der Waals surface area (Å²) < 4.78 is 1.47. The van der Waals surface area contributed by atoms with Gasteiger partial charge in [0, 0.05) is 29.4 Å². The third kappa shape index (κ3) is 5.97. The van der Waals surface area contributed by atoms with E-state index in [-0.39, 0.29) is 17.0 Å². The largest absolute Gasteiger partial charge is 0.480 e. The van der Waals surface area contributed by atoms with Crippen LogP contribution >= 0.6 is 23.8 Å². The first-order valence-electron chi connectivity index (χ1n) is 9.73. The van der Waals surface area contributed by atoms with Gasteiger partial charge in [-0.25, -0.2) is 9.78 Å². The first-order valence-corrected chi connectivity index (χ1v) is 10.5. The fourth-order valence-electron chi connectivity index (χ4n) is 3.18. The van der Waals surface area contributed by atoms with Crippen molar-refractivity contribution >= 4 is 51.9 Å². The molecule has 1 heterocycles. The van der Waals surface area contributed by atoms with Crippen molar-refractivity contribution in [3.63, 3.8) is 0 Å². The van der Waals surface area contributed by atoms with Crippen LogP contribution in [0.3, 0.4) is 0 Å². The lowest BCUT2D eigenvalue weighted by Gasteiger charge is -2.21. The maximum atomic E-state index is 11.0. The van der Waals surface area contributed by atoms with Crippen molar-refractivity contribution in [2.24, 2.45) is 0 Å². The molecule has 0 unspecified atom stereocenters. The average molecular weight is 457 g/mol. The number of carboxylic acid groups (broad SMARTS) is 1. The molecule has 31 heavy (non-hydrogen) atoms. The molecule has 0 aliphatic rings. The molecule has 0 saturated carbocycles. The monoisotopic (exact) mass is 456 g/mol. The normalized spacial score (nSPS) is 11.8. The van der Waals surface area contributed by atoms with Gasteiger partial charge in [0.15, 0.2) is 6.54 Å². The maximum Gasteiger partial charge on any atom is 0.327 e. The van der Waals surface area contributed by atoms with Gasteiger partial charge in [-0.3, -0.25) is 4.79 Å². The van der Waals surface area contributed by atoms with Crippen LogP contribution in [0.1, 0.15) is 31.9 Å². The van der Waals surface area contributed by atoms with Gasteiger partial charge in [0.25, 0.3) is 5.82 Å². The average Bonchev–Trinajstić information content (AvgIpc) is 3.04. The molecular formula is C23H25ClN4O2S. The van der Waals surface area contributed by atoms with Crippen molar-refractivity contribution in [1.82, 2.24) is 9.78 Å². The standard InChI is InChI=1S/C23H25ClN4O2S/c1-6-27(7-2)18-10-8-17(9-11-18)19(24)13-15(3)12-16(4)21-22(25-5)26-28(23(21)31)14-20(29)30/h8-13,26H,4,6-7,14H2,1-3H3,(H,29,30)/b15-12?,19-13-. The van der Waals surface area contributed by atoms with Gasteiger partial charge in [-0.2, -0.15) is 0 Å². The molecule has 0 atom stereocenters. The Labute approximate surface area is 192 Å². The zero-order valence-corrected chi connectivity index (χ0v) is 19.3. The van der Waals surface area contributed by atoms with Crippen LogP contribution in [0.25, 0.3) is 15.5 Å². The minimum absolute atomic E-state index is 0.155. The molecule has 0 fully saturated rings. The number of carboxylic acids is 1. The molecule has 0 saturated heterocycles. The molecule has 2 aromatic rings. The Kier molecular flexibility index (Phi) is 8.43. The molecule has 0 aliphatic heterocycles. The van der Waals surface area contributed by atoms with Crippen molar-refractivity contribution in [2.75, 3.05) is 18.0 Å². The molecule has 2 rings (SSSR count). The number of benzene rings is 1. The number of aromatic nitrogens is 2. The van der Waals surface area contributed by atoms with Crippen LogP contribution in [-0.4, -0.2) is 33.9 Å². The van der Waals surface area contributed by atoms with Gasteiger partial charge < -0.3 is 14.9 Å². The zero-order valence-electron chi connectivity index (χ0n) is 17.8. The molecule has 0 bridgehead atoms. The molecule has 1 aromatic heterocycles. The van der Waals surface area contributed by atoms with Crippen LogP contribution in [0.2, 0.25) is 0 Å². The number of anilines is 1. The topological polar surface area (TPSA) is 65.6 Å². The number of allylic oxidation sites excluding steroid dienone is 4. The summed E-state index contributed by atoms with van der Waals surface area (Å²) in [6, 6.07) is 8.05. The molecule has 162 valence electrons. The molecule has 8 heteroatoms. The van der Waals surface area contributed by atoms with Crippen molar-refractivity contribution in [3.8, 4) is 0 Å². The first-order chi connectivity index (χ1) is 14.7. The summed E-state index contributed by atoms with van der Waals surface area (Å²) in [5.74, 6) is -0.901. The van der Waals surface area contributed by atoms with Crippen LogP contribution < -0.4 is 4.90 Å². The molecular weight excluding hydrogens is 432 g/mol. The summed E-state index contributed by atoms with van der Waals surface area (Å²) in [7, 11) is 0. The first kappa shape index (κ1) is 24.2. The number of halogens is 1. The number of aromatic amines is 1. The van der Waals surface area contributed by atoms with Gasteiger partial charge >= 0.3 is 5.97 Å². The van der Waals surface area contributed by atoms with E-state index in [4.69, 9.17) is 35.5 Å². The van der Waals surface area contributed by atoms with Crippen molar-refractivity contribution in [2.45, 2.75) is 27.3 Å². The van der Waals surface area contributed by atoms with Crippen LogP contribution in [0.4, 0.5) is 11.5 Å². The highest BCUT2D eigenvalue weighted by molar-refractivity contribution is 7.71. The summed E-state index contributed by atoms with van der Waals surface area (Å²) in [5, 5.41) is 12.3. The Morgan fingerprint density at radius 3 is 2.45 bits per heavy atom. The Bertz CT molecular complexity index is 1130. The van der Waals surface area contributed by atoms with Gasteiger partial charge in [-0.1, -0.05) is 55.2 Å². The van der Waals surface area contributed by atoms with Gasteiger partial charge in [0.1, 0.15) is 4.64 Å². The quantitative estimate of drug-likeness (QED) is 0.265. The zero-order chi connectivity index (χ0) is 23.1. The van der Waals surface area contributed by atoms with E-state index in [9.17, 15) is 4.79 Å². The molecule has 0 spiro atoms. The second-order valence-electron chi connectivity index (χ2n) is 6.86. The summed E-state index contributed by atoms with van der Waals surface area (Å²) in [6.45, 7) is 19.0. The molecule has 6 nitrogen and oxygen atoms in total. The number of carbonyl (C=O) groups is 1. The lowest BCUT2D eigenvalue weighted by Crippen LogP contribution is -2.21. The number of rotatable bonds is 9. The fourth-order valence-corrected chi connectivity index (χ4v) is 3.82. The van der Waals surface area contributed by atoms with E-state index in [0.717, 1.165) is 29.9 Å². The number of H-pyrrole nitrogens is 1. The van der Waals surface area contributed by atoms with Gasteiger partial charge in [0.2, 0.25) is 0 Å². The summed E-state index contributed by atoms with van der Waals surface area (Å²) in [6.07, 6.45) is 3.59. The van der Waals surface area contributed by atoms with E-state index in [0.29, 0.717) is 16.2 Å². The summed E-state index contributed by atoms with van der Waals surface area (Å²) in [5.41, 5.74) is 3.78. The van der Waals surface area contributed by atoms with Crippen molar-refractivity contribution < 1.29 is 9.90 Å². The fraction of sp³-hybridized carbons (Fsp3) is 0.261. The van der Waals surface area contributed by atoms with E-state index in [1.54, 1.807) is 6.08 Å². The van der Waals surface area contributed by atoms with E-state index in [1.165, 1.54) is 4.68 Å². The SMILES string of the molecule is [C-]#[N+]c1[nH]n(CC(=O)O)c(=S)c1C(=C)C=C(C)/C=C(\Cl)c1ccc(N(CC)CC)cc1. The second kappa shape index (κ2) is 10.8. The van der Waals surface area contributed by atoms with Gasteiger partial charge in [-0.05, 0) is 55.7 Å². The van der Waals surface area contributed by atoms with E-state index < -0.39 is 5.97 Å². The Hall–Kier alpha value is -3.08. The predicted octanol–water partition coefficient (Wildman–Crippen LogP) is 6.27. The third-order valence-corrected chi connectivity index (χ3v) is 5.44. The number of aliphatic carboxylic acids is 1. The highest BCUT2D eigenvalue weighted by Crippen LogP contribution is 2.29. The lowest BCUT2D eigenvalue weighted by atomic mass is 10.1. The Morgan fingerprint density at radius 1 is 1.32 bits per heavy atom. The summed E-state index contributed by atoms with van der Waals surface area (Å²) >= 11 is 11.8. The molecule has 0 amide bonds. The Balaban J connectivity index is 2.29. The minimum Gasteiger partial charge on any atom is -0.480 e. The van der Waals surface area contributed by atoms with E-state index >= 15 is 0 Å². The highest BCUT2D eigenvalue weighted by Gasteiger charge is 2.15. The number of hydrogen-bond donors (Lipinski definition) is 2. The molecule has 0 radical (unpaired) electrons. The van der Waals surface area contributed by atoms with Crippen molar-refractivity contribution in [1.29, 1.82) is 0 Å². The molecule has 1 aromatic carbocycles. The van der Waals surface area contributed by atoms with Gasteiger partial charge in [-0.15, -0.1) is 0 Å². The van der Waals surface area contributed by atoms with E-state index in [1.807, 2.05) is 37.3 Å². The molecule has 2 N–H and O–H groups in total. The minimum atomic E-state index is -1.06. The maximum absolute atomic E-state index is 11.0. The van der Waals surface area contributed by atoms with Gasteiger partial charge in [0.05, 0.1) is 0 Å². The third-order valence-electron chi connectivity index (χ3n) is 4.69. The number of nitrogens with one attached hydrogen (secondary N) is 1. The lowest BCUT2D eigenvalue weighted by molar-refractivity contribution is -0.137. The van der Waals surface area contributed by atoms with Crippen LogP contribution in [0.5, 0.6) is 0 Å². The van der Waals surface area contributed by atoms with E-state index in [2.05, 4.69) is 35.3 Å². The Morgan fingerprint density at radius 2 is 1.94 bits per heavy atom.